The molecular weight excluding hydrogens is 282 g/mol. The topological polar surface area (TPSA) is 92.6 Å². The van der Waals surface area contributed by atoms with Gasteiger partial charge in [0.1, 0.15) is 0 Å². The van der Waals surface area contributed by atoms with Crippen molar-refractivity contribution in [3.63, 3.8) is 0 Å². The number of likely N-dealkylation sites (N-methyl/N-ethyl adjacent to an activating group) is 1. The molecule has 0 radical (unpaired) electrons. The van der Waals surface area contributed by atoms with Crippen molar-refractivity contribution in [3.05, 3.63) is 34.4 Å². The molecule has 1 saturated heterocycles. The smallest absolute Gasteiger partial charge is 0.289 e. The second-order valence-electron chi connectivity index (χ2n) is 4.72. The number of hydrogen-bond acceptors (Lipinski definition) is 5. The van der Waals surface area contributed by atoms with Crippen LogP contribution in [0.15, 0.2) is 29.2 Å². The van der Waals surface area contributed by atoms with Crippen LogP contribution in [-0.4, -0.2) is 43.8 Å². The molecule has 1 N–H and O–H groups in total. The molecular formula is C12H17N3O4S. The van der Waals surface area contributed by atoms with Crippen molar-refractivity contribution in [3.8, 4) is 0 Å². The number of sulfonamides is 1. The van der Waals surface area contributed by atoms with Crippen molar-refractivity contribution >= 4 is 15.7 Å². The van der Waals surface area contributed by atoms with Gasteiger partial charge < -0.3 is 5.32 Å². The Bertz CT molecular complexity index is 602. The summed E-state index contributed by atoms with van der Waals surface area (Å²) in [5.41, 5.74) is -0.376. The fourth-order valence-electron chi connectivity index (χ4n) is 2.36. The van der Waals surface area contributed by atoms with Crippen LogP contribution in [0.5, 0.6) is 0 Å². The number of nitrogens with one attached hydrogen (secondary N) is 1. The average Bonchev–Trinajstić information content (AvgIpc) is 2.47. The number of hydrogen-bond donors (Lipinski definition) is 1. The molecule has 1 aromatic rings. The first-order valence-corrected chi connectivity index (χ1v) is 7.81. The van der Waals surface area contributed by atoms with Crippen molar-refractivity contribution in [2.45, 2.75) is 23.8 Å². The van der Waals surface area contributed by atoms with Crippen LogP contribution in [0.25, 0.3) is 0 Å². The van der Waals surface area contributed by atoms with Crippen molar-refractivity contribution in [1.82, 2.24) is 9.62 Å². The van der Waals surface area contributed by atoms with E-state index in [1.165, 1.54) is 28.6 Å². The normalized spacial score (nSPS) is 20.8. The lowest BCUT2D eigenvalue weighted by atomic mass is 10.1. The van der Waals surface area contributed by atoms with E-state index in [0.717, 1.165) is 12.8 Å². The molecule has 0 aromatic heterocycles. The summed E-state index contributed by atoms with van der Waals surface area (Å²) in [5.74, 6) is 0. The molecule has 1 heterocycles. The predicted molar refractivity (Wildman–Crippen MR) is 73.9 cm³/mol. The van der Waals surface area contributed by atoms with E-state index in [4.69, 9.17) is 0 Å². The van der Waals surface area contributed by atoms with Gasteiger partial charge in [-0.25, -0.2) is 8.42 Å². The van der Waals surface area contributed by atoms with Gasteiger partial charge in [-0.05, 0) is 26.0 Å². The zero-order chi connectivity index (χ0) is 14.8. The first-order chi connectivity index (χ1) is 9.46. The van der Waals surface area contributed by atoms with Crippen LogP contribution in [0.4, 0.5) is 5.69 Å². The lowest BCUT2D eigenvalue weighted by molar-refractivity contribution is -0.387. The summed E-state index contributed by atoms with van der Waals surface area (Å²) >= 11 is 0. The quantitative estimate of drug-likeness (QED) is 0.660. The molecule has 1 unspecified atom stereocenters. The van der Waals surface area contributed by atoms with Gasteiger partial charge in [0, 0.05) is 25.2 Å². The zero-order valence-electron chi connectivity index (χ0n) is 11.2. The molecule has 0 aliphatic carbocycles. The van der Waals surface area contributed by atoms with Gasteiger partial charge in [-0.3, -0.25) is 10.1 Å². The van der Waals surface area contributed by atoms with E-state index in [1.807, 2.05) is 0 Å². The molecule has 110 valence electrons. The minimum absolute atomic E-state index is 0.0845. The number of nitro benzene ring substituents is 1. The molecule has 1 aliphatic heterocycles. The van der Waals surface area contributed by atoms with Crippen molar-refractivity contribution in [2.24, 2.45) is 0 Å². The van der Waals surface area contributed by atoms with Crippen LogP contribution in [0.2, 0.25) is 0 Å². The van der Waals surface area contributed by atoms with Crippen LogP contribution in [-0.2, 0) is 10.0 Å². The third-order valence-corrected chi connectivity index (χ3v) is 5.38. The van der Waals surface area contributed by atoms with Crippen molar-refractivity contribution in [2.75, 3.05) is 20.1 Å². The van der Waals surface area contributed by atoms with Gasteiger partial charge in [0.2, 0.25) is 10.0 Å². The summed E-state index contributed by atoms with van der Waals surface area (Å²) in [6.45, 7) is 0.734. The highest BCUT2D eigenvalue weighted by molar-refractivity contribution is 7.89. The van der Waals surface area contributed by atoms with Crippen LogP contribution < -0.4 is 5.32 Å². The molecule has 20 heavy (non-hydrogen) atoms. The number of nitrogens with zero attached hydrogens (tertiary/aromatic N) is 2. The molecule has 7 nitrogen and oxygen atoms in total. The Hall–Kier alpha value is -1.51. The molecule has 1 aliphatic rings. The van der Waals surface area contributed by atoms with Gasteiger partial charge in [0.05, 0.1) is 4.92 Å². The Kier molecular flexibility index (Phi) is 4.36. The number of para-hydroxylation sites is 1. The van der Waals surface area contributed by atoms with E-state index in [-0.39, 0.29) is 16.6 Å². The molecule has 1 aromatic carbocycles. The maximum atomic E-state index is 12.6. The highest BCUT2D eigenvalue weighted by Crippen LogP contribution is 2.28. The van der Waals surface area contributed by atoms with E-state index in [9.17, 15) is 18.5 Å². The largest absolute Gasteiger partial charge is 0.316 e. The van der Waals surface area contributed by atoms with Crippen LogP contribution in [0.1, 0.15) is 12.8 Å². The van der Waals surface area contributed by atoms with Gasteiger partial charge in [0.25, 0.3) is 5.69 Å². The molecule has 1 fully saturated rings. The monoisotopic (exact) mass is 299 g/mol. The maximum absolute atomic E-state index is 12.6. The fraction of sp³-hybridized carbons (Fsp3) is 0.500. The minimum Gasteiger partial charge on any atom is -0.316 e. The lowest BCUT2D eigenvalue weighted by Gasteiger charge is -2.31. The highest BCUT2D eigenvalue weighted by Gasteiger charge is 2.34. The molecule has 8 heteroatoms. The minimum atomic E-state index is -3.83. The number of benzene rings is 1. The number of rotatable bonds is 4. The molecule has 0 amide bonds. The Balaban J connectivity index is 2.38. The van der Waals surface area contributed by atoms with Crippen LogP contribution in [0, 0.1) is 10.1 Å². The molecule has 0 saturated carbocycles. The summed E-state index contributed by atoms with van der Waals surface area (Å²) in [5, 5.41) is 14.0. The van der Waals surface area contributed by atoms with E-state index < -0.39 is 14.9 Å². The summed E-state index contributed by atoms with van der Waals surface area (Å²) in [6.07, 6.45) is 1.64. The summed E-state index contributed by atoms with van der Waals surface area (Å²) < 4.78 is 26.5. The summed E-state index contributed by atoms with van der Waals surface area (Å²) in [4.78, 5) is 10.1. The molecule has 1 atom stereocenters. The van der Waals surface area contributed by atoms with E-state index in [0.29, 0.717) is 13.1 Å². The summed E-state index contributed by atoms with van der Waals surface area (Å²) in [7, 11) is -2.05. The van der Waals surface area contributed by atoms with E-state index in [2.05, 4.69) is 5.32 Å². The Morgan fingerprint density at radius 1 is 1.40 bits per heavy atom. The van der Waals surface area contributed by atoms with Gasteiger partial charge in [-0.15, -0.1) is 0 Å². The zero-order valence-corrected chi connectivity index (χ0v) is 12.0. The van der Waals surface area contributed by atoms with Gasteiger partial charge in [0.15, 0.2) is 4.90 Å². The van der Waals surface area contributed by atoms with Gasteiger partial charge in [-0.1, -0.05) is 12.1 Å². The fourth-order valence-corrected chi connectivity index (χ4v) is 4.04. The van der Waals surface area contributed by atoms with Gasteiger partial charge >= 0.3 is 0 Å². The van der Waals surface area contributed by atoms with Crippen molar-refractivity contribution < 1.29 is 13.3 Å². The van der Waals surface area contributed by atoms with Crippen LogP contribution >= 0.6 is 0 Å². The average molecular weight is 299 g/mol. The first-order valence-electron chi connectivity index (χ1n) is 6.37. The highest BCUT2D eigenvalue weighted by atomic mass is 32.2. The second kappa shape index (κ2) is 5.86. The number of piperidine rings is 1. The first kappa shape index (κ1) is 14.9. The van der Waals surface area contributed by atoms with Gasteiger partial charge in [-0.2, -0.15) is 4.31 Å². The Morgan fingerprint density at radius 3 is 2.75 bits per heavy atom. The molecule has 0 bridgehead atoms. The molecule has 0 spiro atoms. The Morgan fingerprint density at radius 2 is 2.10 bits per heavy atom. The molecule has 2 rings (SSSR count). The number of nitro groups is 1. The third-order valence-electron chi connectivity index (χ3n) is 3.47. The lowest BCUT2D eigenvalue weighted by Crippen LogP contribution is -2.46. The predicted octanol–water partition coefficient (Wildman–Crippen LogP) is 0.967. The van der Waals surface area contributed by atoms with E-state index in [1.54, 1.807) is 7.05 Å². The standard InChI is InChI=1S/C12H17N3O4S/c1-13-10-5-4-8-14(9-10)20(18,19)12-7-3-2-6-11(12)15(16)17/h2-3,6-7,10,13H,4-5,8-9H2,1H3. The SMILES string of the molecule is CNC1CCCN(S(=O)(=O)c2ccccc2[N+](=O)[O-])C1. The maximum Gasteiger partial charge on any atom is 0.289 e. The van der Waals surface area contributed by atoms with Crippen molar-refractivity contribution in [1.29, 1.82) is 0 Å². The van der Waals surface area contributed by atoms with Crippen LogP contribution in [0.3, 0.4) is 0 Å². The summed E-state index contributed by atoms with van der Waals surface area (Å²) in [6, 6.07) is 5.55. The second-order valence-corrected chi connectivity index (χ2v) is 6.62. The third kappa shape index (κ3) is 2.82. The Labute approximate surface area is 117 Å². The van der Waals surface area contributed by atoms with E-state index >= 15 is 0 Å².